The molecule has 0 bridgehead atoms. The molecule has 3 nitrogen and oxygen atoms in total. The Labute approximate surface area is 92.8 Å². The van der Waals surface area contributed by atoms with Crippen molar-refractivity contribution >= 4 is 0 Å². The van der Waals surface area contributed by atoms with Gasteiger partial charge < -0.3 is 10.4 Å². The van der Waals surface area contributed by atoms with Crippen LogP contribution >= 0.6 is 0 Å². The summed E-state index contributed by atoms with van der Waals surface area (Å²) < 4.78 is 0. The number of aliphatic hydroxyl groups excluding tert-OH is 1. The highest BCUT2D eigenvalue weighted by molar-refractivity contribution is 4.88. The normalized spacial score (nSPS) is 33.6. The lowest BCUT2D eigenvalue weighted by molar-refractivity contribution is 0.141. The molecular formula is C12H24N2O. The van der Waals surface area contributed by atoms with Gasteiger partial charge in [-0.3, -0.25) is 4.90 Å². The van der Waals surface area contributed by atoms with Gasteiger partial charge in [-0.15, -0.1) is 0 Å². The number of aliphatic hydroxyl groups is 1. The molecule has 0 amide bonds. The van der Waals surface area contributed by atoms with Gasteiger partial charge in [0.05, 0.1) is 6.10 Å². The third-order valence-electron chi connectivity index (χ3n) is 3.97. The molecule has 2 rings (SSSR count). The minimum absolute atomic E-state index is 0.108. The fourth-order valence-corrected chi connectivity index (χ4v) is 2.49. The van der Waals surface area contributed by atoms with E-state index in [0.717, 1.165) is 25.4 Å². The second kappa shape index (κ2) is 4.81. The van der Waals surface area contributed by atoms with Crippen molar-refractivity contribution < 1.29 is 5.11 Å². The van der Waals surface area contributed by atoms with Gasteiger partial charge in [-0.2, -0.15) is 0 Å². The summed E-state index contributed by atoms with van der Waals surface area (Å²) in [6.45, 7) is 3.28. The van der Waals surface area contributed by atoms with Crippen molar-refractivity contribution in [3.63, 3.8) is 0 Å². The Bertz CT molecular complexity index is 206. The van der Waals surface area contributed by atoms with E-state index in [-0.39, 0.29) is 6.10 Å². The van der Waals surface area contributed by atoms with Crippen LogP contribution in [0.2, 0.25) is 0 Å². The molecular weight excluding hydrogens is 188 g/mol. The minimum Gasteiger partial charge on any atom is -0.392 e. The van der Waals surface area contributed by atoms with Gasteiger partial charge in [-0.05, 0) is 46.1 Å². The van der Waals surface area contributed by atoms with Crippen molar-refractivity contribution in [3.8, 4) is 0 Å². The maximum Gasteiger partial charge on any atom is 0.0693 e. The van der Waals surface area contributed by atoms with Crippen molar-refractivity contribution in [1.29, 1.82) is 0 Å². The number of nitrogens with zero attached hydrogens (tertiary/aromatic N) is 1. The van der Waals surface area contributed by atoms with Crippen LogP contribution in [0, 0.1) is 0 Å². The summed E-state index contributed by atoms with van der Waals surface area (Å²) in [7, 11) is 2.22. The fourth-order valence-electron chi connectivity index (χ4n) is 2.49. The van der Waals surface area contributed by atoms with E-state index in [9.17, 15) is 5.11 Å². The molecule has 2 saturated carbocycles. The predicted molar refractivity (Wildman–Crippen MR) is 61.9 cm³/mol. The van der Waals surface area contributed by atoms with E-state index in [4.69, 9.17) is 0 Å². The Kier molecular flexibility index (Phi) is 3.65. The summed E-state index contributed by atoms with van der Waals surface area (Å²) >= 11 is 0. The molecule has 2 fully saturated rings. The lowest BCUT2D eigenvalue weighted by Crippen LogP contribution is -2.45. The standard InChI is InChI=1S/C12H24N2O/c1-9(14(2)10-6-7-10)8-13-11-4-3-5-12(11)15/h9-13,15H,3-8H2,1-2H3/t9?,11-,12-/m1/s1. The van der Waals surface area contributed by atoms with Crippen LogP contribution < -0.4 is 5.32 Å². The van der Waals surface area contributed by atoms with Crippen LogP contribution in [0.4, 0.5) is 0 Å². The molecule has 2 aliphatic carbocycles. The van der Waals surface area contributed by atoms with Gasteiger partial charge in [0.15, 0.2) is 0 Å². The van der Waals surface area contributed by atoms with Gasteiger partial charge in [0.1, 0.15) is 0 Å². The summed E-state index contributed by atoms with van der Waals surface area (Å²) in [5.41, 5.74) is 0. The Morgan fingerprint density at radius 2 is 2.07 bits per heavy atom. The molecule has 0 aliphatic heterocycles. The molecule has 0 aromatic carbocycles. The molecule has 0 aromatic rings. The summed E-state index contributed by atoms with van der Waals surface area (Å²) in [6, 6.07) is 1.76. The van der Waals surface area contributed by atoms with Gasteiger partial charge in [0.25, 0.3) is 0 Å². The maximum absolute atomic E-state index is 9.69. The van der Waals surface area contributed by atoms with Crippen LogP contribution in [0.5, 0.6) is 0 Å². The first-order valence-electron chi connectivity index (χ1n) is 6.32. The molecule has 1 unspecified atom stereocenters. The monoisotopic (exact) mass is 212 g/mol. The van der Waals surface area contributed by atoms with Crippen molar-refractivity contribution in [2.75, 3.05) is 13.6 Å². The summed E-state index contributed by atoms with van der Waals surface area (Å²) in [4.78, 5) is 2.47. The Hall–Kier alpha value is -0.120. The fraction of sp³-hybridized carbons (Fsp3) is 1.00. The zero-order valence-electron chi connectivity index (χ0n) is 9.95. The van der Waals surface area contributed by atoms with E-state index >= 15 is 0 Å². The highest BCUT2D eigenvalue weighted by Gasteiger charge is 2.30. The highest BCUT2D eigenvalue weighted by atomic mass is 16.3. The third-order valence-corrected chi connectivity index (χ3v) is 3.97. The number of hydrogen-bond donors (Lipinski definition) is 2. The molecule has 15 heavy (non-hydrogen) atoms. The lowest BCUT2D eigenvalue weighted by atomic mass is 10.2. The Morgan fingerprint density at radius 3 is 2.60 bits per heavy atom. The van der Waals surface area contributed by atoms with Gasteiger partial charge in [-0.1, -0.05) is 0 Å². The van der Waals surface area contributed by atoms with Crippen molar-refractivity contribution in [2.24, 2.45) is 0 Å². The van der Waals surface area contributed by atoms with Crippen molar-refractivity contribution in [3.05, 3.63) is 0 Å². The maximum atomic E-state index is 9.69. The molecule has 0 aromatic heterocycles. The molecule has 0 saturated heterocycles. The van der Waals surface area contributed by atoms with Crippen molar-refractivity contribution in [1.82, 2.24) is 10.2 Å². The molecule has 88 valence electrons. The Balaban J connectivity index is 1.67. The van der Waals surface area contributed by atoms with E-state index in [1.54, 1.807) is 0 Å². The Morgan fingerprint density at radius 1 is 1.33 bits per heavy atom. The van der Waals surface area contributed by atoms with Crippen molar-refractivity contribution in [2.45, 2.75) is 63.3 Å². The first-order chi connectivity index (χ1) is 7.18. The average molecular weight is 212 g/mol. The molecule has 3 heteroatoms. The SMILES string of the molecule is CC(CN[C@@H]1CCC[C@H]1O)N(C)C1CC1. The molecule has 2 aliphatic rings. The van der Waals surface area contributed by atoms with Crippen LogP contribution in [0.25, 0.3) is 0 Å². The second-order valence-electron chi connectivity index (χ2n) is 5.26. The minimum atomic E-state index is -0.108. The lowest BCUT2D eigenvalue weighted by Gasteiger charge is -2.27. The summed E-state index contributed by atoms with van der Waals surface area (Å²) in [6.07, 6.45) is 5.92. The van der Waals surface area contributed by atoms with E-state index in [1.165, 1.54) is 19.3 Å². The van der Waals surface area contributed by atoms with E-state index in [2.05, 4.69) is 24.2 Å². The summed E-state index contributed by atoms with van der Waals surface area (Å²) in [5, 5.41) is 13.2. The van der Waals surface area contributed by atoms with Gasteiger partial charge in [-0.25, -0.2) is 0 Å². The topological polar surface area (TPSA) is 35.5 Å². The van der Waals surface area contributed by atoms with Crippen LogP contribution in [0.1, 0.15) is 39.0 Å². The number of nitrogens with one attached hydrogen (secondary N) is 1. The second-order valence-corrected chi connectivity index (χ2v) is 5.26. The molecule has 3 atom stereocenters. The smallest absolute Gasteiger partial charge is 0.0693 e. The molecule has 0 spiro atoms. The quantitative estimate of drug-likeness (QED) is 0.713. The van der Waals surface area contributed by atoms with Crippen LogP contribution in [0.3, 0.4) is 0 Å². The van der Waals surface area contributed by atoms with Gasteiger partial charge in [0.2, 0.25) is 0 Å². The highest BCUT2D eigenvalue weighted by Crippen LogP contribution is 2.27. The molecule has 0 radical (unpaired) electrons. The van der Waals surface area contributed by atoms with E-state index < -0.39 is 0 Å². The average Bonchev–Trinajstić information content (AvgIpc) is 2.99. The first kappa shape index (κ1) is 11.4. The van der Waals surface area contributed by atoms with E-state index in [0.29, 0.717) is 12.1 Å². The van der Waals surface area contributed by atoms with Gasteiger partial charge in [0, 0.05) is 24.7 Å². The van der Waals surface area contributed by atoms with Gasteiger partial charge >= 0.3 is 0 Å². The third kappa shape index (κ3) is 2.92. The summed E-state index contributed by atoms with van der Waals surface area (Å²) in [5.74, 6) is 0. The number of likely N-dealkylation sites (N-methyl/N-ethyl adjacent to an activating group) is 1. The van der Waals surface area contributed by atoms with Crippen LogP contribution in [-0.2, 0) is 0 Å². The predicted octanol–water partition coefficient (Wildman–Crippen LogP) is 0.972. The van der Waals surface area contributed by atoms with E-state index in [1.807, 2.05) is 0 Å². The zero-order chi connectivity index (χ0) is 10.8. The number of rotatable bonds is 5. The number of hydrogen-bond acceptors (Lipinski definition) is 3. The largest absolute Gasteiger partial charge is 0.392 e. The molecule has 0 heterocycles. The first-order valence-corrected chi connectivity index (χ1v) is 6.32. The van der Waals surface area contributed by atoms with Crippen LogP contribution in [0.15, 0.2) is 0 Å². The van der Waals surface area contributed by atoms with Crippen LogP contribution in [-0.4, -0.2) is 47.8 Å². The zero-order valence-corrected chi connectivity index (χ0v) is 9.95. The molecule has 2 N–H and O–H groups in total.